The van der Waals surface area contributed by atoms with Gasteiger partial charge in [-0.05, 0) is 18.6 Å². The minimum Gasteiger partial charge on any atom is -0.480 e. The largest absolute Gasteiger partial charge is 0.480 e. The highest BCUT2D eigenvalue weighted by molar-refractivity contribution is 5.99. The molecule has 0 saturated carbocycles. The van der Waals surface area contributed by atoms with Crippen LogP contribution in [0.25, 0.3) is 0 Å². The minimum atomic E-state index is -1.02. The molecule has 0 fully saturated rings. The van der Waals surface area contributed by atoms with Gasteiger partial charge in [0.15, 0.2) is 0 Å². The second kappa shape index (κ2) is 6.69. The third-order valence-electron chi connectivity index (χ3n) is 2.58. The predicted octanol–water partition coefficient (Wildman–Crippen LogP) is 0.0263. The van der Waals surface area contributed by atoms with Crippen LogP contribution in [-0.2, 0) is 9.53 Å². The average molecular weight is 267 g/mol. The zero-order chi connectivity index (χ0) is 14.4. The molecule has 1 amide bonds. The number of carboxylic acid groups (broad SMARTS) is 1. The maximum absolute atomic E-state index is 11.5. The molecule has 104 valence electrons. The molecule has 1 aromatic rings. The first kappa shape index (κ1) is 14.9. The number of rotatable bonds is 7. The molecule has 0 aromatic carbocycles. The molecule has 0 bridgehead atoms. The Labute approximate surface area is 111 Å². The van der Waals surface area contributed by atoms with Crippen LogP contribution in [0, 0.1) is 6.92 Å². The van der Waals surface area contributed by atoms with Gasteiger partial charge in [-0.25, -0.2) is 4.98 Å². The normalized spacial score (nSPS) is 10.2. The number of aliphatic carboxylic acids is 1. The highest BCUT2D eigenvalue weighted by atomic mass is 16.5. The summed E-state index contributed by atoms with van der Waals surface area (Å²) in [5.74, 6) is -1.38. The highest BCUT2D eigenvalue weighted by Gasteiger charge is 2.20. The number of carbonyl (C=O) groups excluding carboxylic acids is 1. The second-order valence-corrected chi connectivity index (χ2v) is 4.00. The van der Waals surface area contributed by atoms with Crippen molar-refractivity contribution < 1.29 is 19.4 Å². The minimum absolute atomic E-state index is 0.236. The Kier molecular flexibility index (Phi) is 5.25. The summed E-state index contributed by atoms with van der Waals surface area (Å²) in [6.07, 6.45) is 1.51. The van der Waals surface area contributed by atoms with Crippen LogP contribution in [0.4, 0.5) is 5.82 Å². The van der Waals surface area contributed by atoms with Crippen molar-refractivity contribution in [1.29, 1.82) is 0 Å². The molecule has 1 aromatic heterocycles. The third kappa shape index (κ3) is 3.92. The SMILES string of the molecule is COCCN(CC(=O)O)c1nccc(C)c1C(N)=O. The van der Waals surface area contributed by atoms with Crippen LogP contribution in [-0.4, -0.2) is 48.8 Å². The van der Waals surface area contributed by atoms with Gasteiger partial charge in [-0.2, -0.15) is 0 Å². The molecule has 1 heterocycles. The summed E-state index contributed by atoms with van der Waals surface area (Å²) < 4.78 is 4.93. The lowest BCUT2D eigenvalue weighted by molar-refractivity contribution is -0.135. The molecule has 19 heavy (non-hydrogen) atoms. The van der Waals surface area contributed by atoms with Crippen molar-refractivity contribution in [2.24, 2.45) is 5.73 Å². The first-order valence-electron chi connectivity index (χ1n) is 5.68. The van der Waals surface area contributed by atoms with E-state index in [0.29, 0.717) is 18.7 Å². The highest BCUT2D eigenvalue weighted by Crippen LogP contribution is 2.20. The molecule has 0 saturated heterocycles. The van der Waals surface area contributed by atoms with Crippen LogP contribution in [0.5, 0.6) is 0 Å². The molecule has 0 aliphatic rings. The summed E-state index contributed by atoms with van der Waals surface area (Å²) in [6, 6.07) is 1.65. The van der Waals surface area contributed by atoms with E-state index in [0.717, 1.165) is 0 Å². The van der Waals surface area contributed by atoms with Crippen molar-refractivity contribution in [2.75, 3.05) is 31.7 Å². The van der Waals surface area contributed by atoms with Crippen LogP contribution in [0.3, 0.4) is 0 Å². The van der Waals surface area contributed by atoms with E-state index in [9.17, 15) is 9.59 Å². The molecule has 7 nitrogen and oxygen atoms in total. The summed E-state index contributed by atoms with van der Waals surface area (Å²) >= 11 is 0. The van der Waals surface area contributed by atoms with Gasteiger partial charge in [-0.3, -0.25) is 9.59 Å². The number of pyridine rings is 1. The van der Waals surface area contributed by atoms with Crippen molar-refractivity contribution in [3.05, 3.63) is 23.4 Å². The Balaban J connectivity index is 3.16. The Morgan fingerprint density at radius 1 is 1.53 bits per heavy atom. The van der Waals surface area contributed by atoms with Crippen molar-refractivity contribution in [1.82, 2.24) is 4.98 Å². The van der Waals surface area contributed by atoms with Gasteiger partial charge in [0, 0.05) is 19.9 Å². The summed E-state index contributed by atoms with van der Waals surface area (Å²) in [5.41, 5.74) is 6.22. The molecule has 1 rings (SSSR count). The average Bonchev–Trinajstić information content (AvgIpc) is 2.33. The number of primary amides is 1. The van der Waals surface area contributed by atoms with E-state index in [-0.39, 0.29) is 17.9 Å². The monoisotopic (exact) mass is 267 g/mol. The summed E-state index contributed by atoms with van der Waals surface area (Å²) in [6.45, 7) is 2.07. The van der Waals surface area contributed by atoms with E-state index in [1.165, 1.54) is 18.2 Å². The van der Waals surface area contributed by atoms with E-state index in [2.05, 4.69) is 4.98 Å². The van der Waals surface area contributed by atoms with Crippen LogP contribution in [0.15, 0.2) is 12.3 Å². The predicted molar refractivity (Wildman–Crippen MR) is 69.2 cm³/mol. The van der Waals surface area contributed by atoms with Crippen LogP contribution >= 0.6 is 0 Å². The maximum atomic E-state index is 11.5. The fraction of sp³-hybridized carbons (Fsp3) is 0.417. The second-order valence-electron chi connectivity index (χ2n) is 4.00. The number of amides is 1. The van der Waals surface area contributed by atoms with Gasteiger partial charge < -0.3 is 20.5 Å². The Bertz CT molecular complexity index is 476. The number of methoxy groups -OCH3 is 1. The number of carbonyl (C=O) groups is 2. The standard InChI is InChI=1S/C12H17N3O4/c1-8-3-4-14-12(10(8)11(13)18)15(5-6-19-2)7-9(16)17/h3-4H,5-7H2,1-2H3,(H2,13,18)(H,16,17). The quantitative estimate of drug-likeness (QED) is 0.721. The van der Waals surface area contributed by atoms with Crippen LogP contribution < -0.4 is 10.6 Å². The van der Waals surface area contributed by atoms with E-state index in [1.54, 1.807) is 13.0 Å². The summed E-state index contributed by atoms with van der Waals surface area (Å²) in [5, 5.41) is 8.92. The fourth-order valence-electron chi connectivity index (χ4n) is 1.71. The lowest BCUT2D eigenvalue weighted by Crippen LogP contribution is -2.35. The molecular weight excluding hydrogens is 250 g/mol. The Morgan fingerprint density at radius 2 is 2.21 bits per heavy atom. The molecule has 3 N–H and O–H groups in total. The van der Waals surface area contributed by atoms with Crippen molar-refractivity contribution in [3.8, 4) is 0 Å². The van der Waals surface area contributed by atoms with Gasteiger partial charge in [0.1, 0.15) is 12.4 Å². The smallest absolute Gasteiger partial charge is 0.323 e. The lowest BCUT2D eigenvalue weighted by Gasteiger charge is -2.23. The van der Waals surface area contributed by atoms with Gasteiger partial charge in [0.25, 0.3) is 5.91 Å². The first-order valence-corrected chi connectivity index (χ1v) is 5.68. The topological polar surface area (TPSA) is 106 Å². The van der Waals surface area contributed by atoms with Crippen molar-refractivity contribution in [3.63, 3.8) is 0 Å². The van der Waals surface area contributed by atoms with Gasteiger partial charge in [0.05, 0.1) is 12.2 Å². The maximum Gasteiger partial charge on any atom is 0.323 e. The van der Waals surface area contributed by atoms with Gasteiger partial charge in [0.2, 0.25) is 0 Å². The van der Waals surface area contributed by atoms with Crippen LogP contribution in [0.2, 0.25) is 0 Å². The van der Waals surface area contributed by atoms with Crippen molar-refractivity contribution >= 4 is 17.7 Å². The van der Waals surface area contributed by atoms with E-state index in [1.807, 2.05) is 0 Å². The van der Waals surface area contributed by atoms with E-state index < -0.39 is 11.9 Å². The number of hydrogen-bond donors (Lipinski definition) is 2. The Hall–Kier alpha value is -2.15. The number of aromatic nitrogens is 1. The number of ether oxygens (including phenoxy) is 1. The first-order chi connectivity index (χ1) is 8.97. The molecule has 0 spiro atoms. The Morgan fingerprint density at radius 3 is 2.74 bits per heavy atom. The lowest BCUT2D eigenvalue weighted by atomic mass is 10.1. The number of hydrogen-bond acceptors (Lipinski definition) is 5. The molecule has 0 atom stereocenters. The third-order valence-corrected chi connectivity index (χ3v) is 2.58. The van der Waals surface area contributed by atoms with Gasteiger partial charge >= 0.3 is 5.97 Å². The van der Waals surface area contributed by atoms with E-state index >= 15 is 0 Å². The number of aryl methyl sites for hydroxylation is 1. The zero-order valence-corrected chi connectivity index (χ0v) is 10.9. The summed E-state index contributed by atoms with van der Waals surface area (Å²) in [7, 11) is 1.51. The number of carboxylic acids is 1. The molecule has 7 heteroatoms. The number of nitrogens with two attached hydrogens (primary N) is 1. The molecular formula is C12H17N3O4. The molecule has 0 aliphatic carbocycles. The number of nitrogens with zero attached hydrogens (tertiary/aromatic N) is 2. The number of anilines is 1. The molecule has 0 aliphatic heterocycles. The van der Waals surface area contributed by atoms with Gasteiger partial charge in [-0.1, -0.05) is 0 Å². The molecule has 0 radical (unpaired) electrons. The molecule has 0 unspecified atom stereocenters. The van der Waals surface area contributed by atoms with Gasteiger partial charge in [-0.15, -0.1) is 0 Å². The van der Waals surface area contributed by atoms with Crippen LogP contribution in [0.1, 0.15) is 15.9 Å². The fourth-order valence-corrected chi connectivity index (χ4v) is 1.71. The van der Waals surface area contributed by atoms with E-state index in [4.69, 9.17) is 15.6 Å². The van der Waals surface area contributed by atoms with Crippen molar-refractivity contribution in [2.45, 2.75) is 6.92 Å². The summed E-state index contributed by atoms with van der Waals surface area (Å²) in [4.78, 5) is 27.9. The zero-order valence-electron chi connectivity index (χ0n) is 10.9.